The van der Waals surface area contributed by atoms with E-state index in [2.05, 4.69) is 41.4 Å². The fraction of sp³-hybridized carbons (Fsp3) is 0.625. The third-order valence-electron chi connectivity index (χ3n) is 4.26. The Kier molecular flexibility index (Phi) is 4.04. The number of likely N-dealkylation sites (N-methyl/N-ethyl adjacent to an activating group) is 1. The molecule has 2 unspecified atom stereocenters. The molecule has 1 aromatic rings. The van der Waals surface area contributed by atoms with E-state index in [1.807, 2.05) is 0 Å². The lowest BCUT2D eigenvalue weighted by Crippen LogP contribution is -2.42. The van der Waals surface area contributed by atoms with E-state index in [4.69, 9.17) is 4.74 Å². The molecule has 2 aliphatic heterocycles. The van der Waals surface area contributed by atoms with Gasteiger partial charge in [0.05, 0.1) is 0 Å². The number of benzene rings is 1. The minimum Gasteiger partial charge on any atom is -0.488 e. The van der Waals surface area contributed by atoms with E-state index in [1.165, 1.54) is 24.9 Å². The van der Waals surface area contributed by atoms with Crippen LogP contribution in [-0.4, -0.2) is 43.2 Å². The summed E-state index contributed by atoms with van der Waals surface area (Å²) in [5, 5.41) is 3.58. The fourth-order valence-corrected chi connectivity index (χ4v) is 3.20. The summed E-state index contributed by atoms with van der Waals surface area (Å²) in [5.41, 5.74) is 1.36. The van der Waals surface area contributed by atoms with Crippen LogP contribution in [0.2, 0.25) is 0 Å². The van der Waals surface area contributed by atoms with Gasteiger partial charge in [-0.2, -0.15) is 0 Å². The maximum Gasteiger partial charge on any atom is 0.123 e. The zero-order chi connectivity index (χ0) is 13.1. The highest BCUT2D eigenvalue weighted by molar-refractivity contribution is 5.37. The molecule has 104 valence electrons. The zero-order valence-electron chi connectivity index (χ0n) is 11.8. The molecule has 1 saturated heterocycles. The summed E-state index contributed by atoms with van der Waals surface area (Å²) >= 11 is 0. The lowest BCUT2D eigenvalue weighted by molar-refractivity contribution is 0.147. The standard InChI is InChI=1S/C16H24N2O/c1-2-18(11-14-7-5-9-17-14)12-15-10-13-6-3-4-8-16(13)19-15/h3-4,6,8,14-15,17H,2,5,7,9-12H2,1H3. The predicted octanol–water partition coefficient (Wildman–Crippen LogP) is 2.06. The van der Waals surface area contributed by atoms with Crippen molar-refractivity contribution in [3.8, 4) is 5.75 Å². The Bertz CT molecular complexity index is 390. The zero-order valence-corrected chi connectivity index (χ0v) is 11.8. The third-order valence-corrected chi connectivity index (χ3v) is 4.26. The van der Waals surface area contributed by atoms with Crippen LogP contribution in [0.25, 0.3) is 0 Å². The van der Waals surface area contributed by atoms with Gasteiger partial charge < -0.3 is 10.1 Å². The van der Waals surface area contributed by atoms with Crippen molar-refractivity contribution in [3.05, 3.63) is 29.8 Å². The van der Waals surface area contributed by atoms with Gasteiger partial charge in [-0.1, -0.05) is 25.1 Å². The first-order valence-corrected chi connectivity index (χ1v) is 7.55. The molecule has 0 amide bonds. The van der Waals surface area contributed by atoms with Crippen LogP contribution < -0.4 is 10.1 Å². The summed E-state index contributed by atoms with van der Waals surface area (Å²) in [5.74, 6) is 1.09. The van der Waals surface area contributed by atoms with Crippen LogP contribution in [0.1, 0.15) is 25.3 Å². The average Bonchev–Trinajstić information content (AvgIpc) is 3.06. The normalized spacial score (nSPS) is 25.6. The molecular formula is C16H24N2O. The van der Waals surface area contributed by atoms with E-state index in [0.717, 1.165) is 31.8 Å². The highest BCUT2D eigenvalue weighted by Crippen LogP contribution is 2.28. The van der Waals surface area contributed by atoms with Gasteiger partial charge in [-0.3, -0.25) is 4.90 Å². The Morgan fingerprint density at radius 2 is 2.21 bits per heavy atom. The van der Waals surface area contributed by atoms with E-state index in [-0.39, 0.29) is 0 Å². The maximum atomic E-state index is 6.04. The van der Waals surface area contributed by atoms with E-state index in [0.29, 0.717) is 12.1 Å². The van der Waals surface area contributed by atoms with Crippen molar-refractivity contribution in [1.82, 2.24) is 10.2 Å². The molecule has 3 rings (SSSR count). The van der Waals surface area contributed by atoms with Gasteiger partial charge >= 0.3 is 0 Å². The molecular weight excluding hydrogens is 236 g/mol. The van der Waals surface area contributed by atoms with Crippen LogP contribution in [0, 0.1) is 0 Å². The number of rotatable bonds is 5. The molecule has 2 heterocycles. The molecule has 0 saturated carbocycles. The van der Waals surface area contributed by atoms with Crippen LogP contribution in [0.3, 0.4) is 0 Å². The van der Waals surface area contributed by atoms with Crippen LogP contribution in [-0.2, 0) is 6.42 Å². The smallest absolute Gasteiger partial charge is 0.123 e. The van der Waals surface area contributed by atoms with Gasteiger partial charge in [-0.25, -0.2) is 0 Å². The van der Waals surface area contributed by atoms with Gasteiger partial charge in [-0.05, 0) is 37.6 Å². The second-order valence-electron chi connectivity index (χ2n) is 5.70. The molecule has 1 fully saturated rings. The van der Waals surface area contributed by atoms with Gasteiger partial charge in [0.15, 0.2) is 0 Å². The van der Waals surface area contributed by atoms with Crippen molar-refractivity contribution in [2.24, 2.45) is 0 Å². The largest absolute Gasteiger partial charge is 0.488 e. The van der Waals surface area contributed by atoms with Crippen molar-refractivity contribution in [2.75, 3.05) is 26.2 Å². The van der Waals surface area contributed by atoms with E-state index in [1.54, 1.807) is 0 Å². The fourth-order valence-electron chi connectivity index (χ4n) is 3.20. The molecule has 0 spiro atoms. The summed E-state index contributed by atoms with van der Waals surface area (Å²) in [4.78, 5) is 2.53. The Hall–Kier alpha value is -1.06. The monoisotopic (exact) mass is 260 g/mol. The topological polar surface area (TPSA) is 24.5 Å². The van der Waals surface area contributed by atoms with Crippen molar-refractivity contribution in [1.29, 1.82) is 0 Å². The maximum absolute atomic E-state index is 6.04. The van der Waals surface area contributed by atoms with Crippen LogP contribution >= 0.6 is 0 Å². The number of ether oxygens (including phenoxy) is 1. The van der Waals surface area contributed by atoms with E-state index in [9.17, 15) is 0 Å². The number of hydrogen-bond acceptors (Lipinski definition) is 3. The second kappa shape index (κ2) is 5.93. The van der Waals surface area contributed by atoms with E-state index < -0.39 is 0 Å². The average molecular weight is 260 g/mol. The minimum absolute atomic E-state index is 0.332. The summed E-state index contributed by atoms with van der Waals surface area (Å²) < 4.78 is 6.04. The first kappa shape index (κ1) is 12.9. The number of hydrogen-bond donors (Lipinski definition) is 1. The first-order chi connectivity index (χ1) is 9.35. The lowest BCUT2D eigenvalue weighted by atomic mass is 10.1. The van der Waals surface area contributed by atoms with Crippen LogP contribution in [0.15, 0.2) is 24.3 Å². The summed E-state index contributed by atoms with van der Waals surface area (Å²) in [6.45, 7) is 6.75. The quantitative estimate of drug-likeness (QED) is 0.877. The molecule has 19 heavy (non-hydrogen) atoms. The highest BCUT2D eigenvalue weighted by Gasteiger charge is 2.25. The summed E-state index contributed by atoms with van der Waals surface area (Å²) in [6.07, 6.45) is 4.04. The van der Waals surface area contributed by atoms with Gasteiger partial charge in [0, 0.05) is 25.6 Å². The van der Waals surface area contributed by atoms with Crippen molar-refractivity contribution in [3.63, 3.8) is 0 Å². The molecule has 2 aliphatic rings. The molecule has 0 radical (unpaired) electrons. The summed E-state index contributed by atoms with van der Waals surface area (Å²) in [7, 11) is 0. The Labute approximate surface area is 115 Å². The Morgan fingerprint density at radius 3 is 2.95 bits per heavy atom. The van der Waals surface area contributed by atoms with Crippen LogP contribution in [0.4, 0.5) is 0 Å². The predicted molar refractivity (Wildman–Crippen MR) is 77.7 cm³/mol. The number of fused-ring (bicyclic) bond motifs is 1. The van der Waals surface area contributed by atoms with Gasteiger partial charge in [-0.15, -0.1) is 0 Å². The SMILES string of the molecule is CCN(CC1CCCN1)CC1Cc2ccccc2O1. The van der Waals surface area contributed by atoms with Gasteiger partial charge in [0.2, 0.25) is 0 Å². The number of nitrogens with one attached hydrogen (secondary N) is 1. The van der Waals surface area contributed by atoms with Gasteiger partial charge in [0.25, 0.3) is 0 Å². The second-order valence-corrected chi connectivity index (χ2v) is 5.70. The highest BCUT2D eigenvalue weighted by atomic mass is 16.5. The molecule has 0 bridgehead atoms. The Morgan fingerprint density at radius 1 is 1.32 bits per heavy atom. The molecule has 0 aromatic heterocycles. The lowest BCUT2D eigenvalue weighted by Gasteiger charge is -2.26. The molecule has 3 heteroatoms. The van der Waals surface area contributed by atoms with Crippen LogP contribution in [0.5, 0.6) is 5.75 Å². The van der Waals surface area contributed by atoms with Crippen molar-refractivity contribution in [2.45, 2.75) is 38.3 Å². The summed E-state index contributed by atoms with van der Waals surface area (Å²) in [6, 6.07) is 9.11. The molecule has 3 nitrogen and oxygen atoms in total. The van der Waals surface area contributed by atoms with Gasteiger partial charge in [0.1, 0.15) is 11.9 Å². The Balaban J connectivity index is 1.53. The third kappa shape index (κ3) is 3.10. The molecule has 1 N–H and O–H groups in total. The van der Waals surface area contributed by atoms with E-state index >= 15 is 0 Å². The molecule has 0 aliphatic carbocycles. The molecule has 2 atom stereocenters. The first-order valence-electron chi connectivity index (χ1n) is 7.55. The van der Waals surface area contributed by atoms with Crippen molar-refractivity contribution < 1.29 is 4.74 Å². The number of para-hydroxylation sites is 1. The molecule has 1 aromatic carbocycles. The minimum atomic E-state index is 0.332. The number of nitrogens with zero attached hydrogens (tertiary/aromatic N) is 1. The van der Waals surface area contributed by atoms with Crippen molar-refractivity contribution >= 4 is 0 Å².